The monoisotopic (exact) mass is 421 g/mol. The molecule has 4 fully saturated rings. The molecular weight excluding hydrogens is 382 g/mol. The second-order valence-electron chi connectivity index (χ2n) is 11.8. The van der Waals surface area contributed by atoms with Crippen molar-refractivity contribution in [1.29, 1.82) is 5.26 Å². The third kappa shape index (κ3) is 3.57. The second kappa shape index (κ2) is 8.05. The molecule has 0 N–H and O–H groups in total. The molecule has 0 saturated heterocycles. The number of hydrogen-bond acceptors (Lipinski definition) is 3. The lowest BCUT2D eigenvalue weighted by Gasteiger charge is -2.56. The molecule has 31 heavy (non-hydrogen) atoms. The Balaban J connectivity index is 1.27. The lowest BCUT2D eigenvalue weighted by atomic mass is 9.49. The molecule has 9 atom stereocenters. The van der Waals surface area contributed by atoms with E-state index < -0.39 is 0 Å². The minimum Gasteiger partial charge on any atom is -0.297 e. The molecule has 1 heterocycles. The van der Waals surface area contributed by atoms with Crippen LogP contribution in [0.3, 0.4) is 0 Å². The van der Waals surface area contributed by atoms with Crippen LogP contribution < -0.4 is 0 Å². The highest BCUT2D eigenvalue weighted by molar-refractivity contribution is 5.82. The van der Waals surface area contributed by atoms with E-state index in [4.69, 9.17) is 5.26 Å². The van der Waals surface area contributed by atoms with E-state index in [1.54, 1.807) is 17.1 Å². The number of nitrogens with zero attached hydrogens (tertiary/aromatic N) is 3. The van der Waals surface area contributed by atoms with E-state index in [0.29, 0.717) is 23.3 Å². The van der Waals surface area contributed by atoms with E-state index in [-0.39, 0.29) is 11.8 Å². The SMILES string of the molecule is C[C@H]1CC[C@@H]2C3CC[C@@]4(C)C(CC[C@@H]4CC(=O)[C@@H](C)n4cc(C#N)cn4)[C@@H]3CC[C@@H]2C1. The zero-order valence-electron chi connectivity index (χ0n) is 19.6. The number of aromatic nitrogens is 2. The number of Topliss-reactive ketones (excluding diaryl/α,β-unsaturated/α-hetero) is 1. The van der Waals surface area contributed by atoms with Gasteiger partial charge in [-0.15, -0.1) is 0 Å². The van der Waals surface area contributed by atoms with E-state index in [0.717, 1.165) is 35.5 Å². The molecule has 0 spiro atoms. The highest BCUT2D eigenvalue weighted by Crippen LogP contribution is 2.65. The number of carbonyl (C=O) groups is 1. The van der Waals surface area contributed by atoms with Gasteiger partial charge in [0.05, 0.1) is 11.8 Å². The fourth-order valence-corrected chi connectivity index (χ4v) is 8.70. The topological polar surface area (TPSA) is 58.7 Å². The third-order valence-corrected chi connectivity index (χ3v) is 10.5. The highest BCUT2D eigenvalue weighted by Gasteiger charge is 2.57. The Morgan fingerprint density at radius 1 is 1.19 bits per heavy atom. The minimum atomic E-state index is -0.277. The summed E-state index contributed by atoms with van der Waals surface area (Å²) >= 11 is 0. The van der Waals surface area contributed by atoms with Crippen molar-refractivity contribution in [2.24, 2.45) is 46.8 Å². The number of carbonyl (C=O) groups excluding carboxylic acids is 1. The van der Waals surface area contributed by atoms with Crippen LogP contribution in [-0.2, 0) is 4.79 Å². The van der Waals surface area contributed by atoms with Gasteiger partial charge in [0.1, 0.15) is 12.1 Å². The van der Waals surface area contributed by atoms with Crippen molar-refractivity contribution in [2.45, 2.75) is 91.0 Å². The molecule has 0 amide bonds. The number of nitriles is 1. The maximum Gasteiger partial charge on any atom is 0.157 e. The summed E-state index contributed by atoms with van der Waals surface area (Å²) < 4.78 is 1.68. The van der Waals surface area contributed by atoms with Crippen LogP contribution in [0.5, 0.6) is 0 Å². The van der Waals surface area contributed by atoms with E-state index in [1.807, 2.05) is 6.92 Å². The number of hydrogen-bond donors (Lipinski definition) is 0. The average Bonchev–Trinajstić information content (AvgIpc) is 3.37. The van der Waals surface area contributed by atoms with Crippen LogP contribution in [0.25, 0.3) is 0 Å². The van der Waals surface area contributed by atoms with Gasteiger partial charge in [-0.3, -0.25) is 9.48 Å². The van der Waals surface area contributed by atoms with Crippen molar-refractivity contribution >= 4 is 5.78 Å². The molecule has 4 aliphatic carbocycles. The Kier molecular flexibility index (Phi) is 5.51. The summed E-state index contributed by atoms with van der Waals surface area (Å²) in [5, 5.41) is 13.3. The van der Waals surface area contributed by atoms with Gasteiger partial charge in [0.2, 0.25) is 0 Å². The Morgan fingerprint density at radius 3 is 2.77 bits per heavy atom. The van der Waals surface area contributed by atoms with Gasteiger partial charge in [-0.25, -0.2) is 0 Å². The van der Waals surface area contributed by atoms with E-state index in [1.165, 1.54) is 57.8 Å². The number of fused-ring (bicyclic) bond motifs is 5. The molecule has 0 radical (unpaired) electrons. The first-order valence-corrected chi connectivity index (χ1v) is 12.9. The predicted octanol–water partition coefficient (Wildman–Crippen LogP) is 6.18. The second-order valence-corrected chi connectivity index (χ2v) is 11.8. The average molecular weight is 422 g/mol. The summed E-state index contributed by atoms with van der Waals surface area (Å²) in [5.74, 6) is 6.44. The Labute approximate surface area is 187 Å². The Hall–Kier alpha value is -1.63. The predicted molar refractivity (Wildman–Crippen MR) is 121 cm³/mol. The molecule has 0 bridgehead atoms. The molecule has 0 aromatic carbocycles. The van der Waals surface area contributed by atoms with Crippen molar-refractivity contribution in [1.82, 2.24) is 9.78 Å². The summed E-state index contributed by atoms with van der Waals surface area (Å²) in [6.45, 7) is 6.93. The molecule has 4 aliphatic rings. The minimum absolute atomic E-state index is 0.277. The summed E-state index contributed by atoms with van der Waals surface area (Å²) in [6.07, 6.45) is 16.5. The van der Waals surface area contributed by atoms with E-state index >= 15 is 0 Å². The van der Waals surface area contributed by atoms with Gasteiger partial charge >= 0.3 is 0 Å². The van der Waals surface area contributed by atoms with Crippen molar-refractivity contribution in [3.05, 3.63) is 18.0 Å². The zero-order chi connectivity index (χ0) is 21.8. The van der Waals surface area contributed by atoms with Crippen LogP contribution in [0.1, 0.15) is 96.6 Å². The van der Waals surface area contributed by atoms with Crippen LogP contribution in [0.2, 0.25) is 0 Å². The molecule has 5 rings (SSSR count). The van der Waals surface area contributed by atoms with Gasteiger partial charge in [0.15, 0.2) is 5.78 Å². The molecule has 4 nitrogen and oxygen atoms in total. The normalized spacial score (nSPS) is 42.7. The molecule has 2 unspecified atom stereocenters. The first-order valence-electron chi connectivity index (χ1n) is 12.9. The van der Waals surface area contributed by atoms with Gasteiger partial charge in [0, 0.05) is 12.6 Å². The largest absolute Gasteiger partial charge is 0.297 e. The third-order valence-electron chi connectivity index (χ3n) is 10.5. The van der Waals surface area contributed by atoms with Crippen LogP contribution in [0.4, 0.5) is 0 Å². The highest BCUT2D eigenvalue weighted by atomic mass is 16.1. The van der Waals surface area contributed by atoms with E-state index in [2.05, 4.69) is 25.0 Å². The summed E-state index contributed by atoms with van der Waals surface area (Å²) in [6, 6.07) is 1.83. The standard InChI is InChI=1S/C27H39N3O/c1-17-4-7-22-20(12-17)5-8-24-23(22)10-11-27(3)21(6-9-25(24)27)13-26(31)18(2)30-16-19(14-28)15-29-30/h15-18,20-25H,4-13H2,1-3H3/t17-,18+,20+,21+,22-,23?,24+,25?,27+/m0/s1. The molecular formula is C27H39N3O. The summed E-state index contributed by atoms with van der Waals surface area (Å²) in [4.78, 5) is 13.2. The van der Waals surface area contributed by atoms with Gasteiger partial charge in [0.25, 0.3) is 0 Å². The lowest BCUT2D eigenvalue weighted by molar-refractivity contribution is -0.125. The van der Waals surface area contributed by atoms with Crippen LogP contribution in [-0.4, -0.2) is 15.6 Å². The summed E-state index contributed by atoms with van der Waals surface area (Å²) in [5.41, 5.74) is 0.867. The smallest absolute Gasteiger partial charge is 0.157 e. The van der Waals surface area contributed by atoms with Gasteiger partial charge in [-0.1, -0.05) is 20.3 Å². The fourth-order valence-electron chi connectivity index (χ4n) is 8.70. The first kappa shape index (κ1) is 21.2. The van der Waals surface area contributed by atoms with Crippen LogP contribution in [0, 0.1) is 58.2 Å². The molecule has 1 aromatic heterocycles. The molecule has 1 aromatic rings. The van der Waals surface area contributed by atoms with Crippen molar-refractivity contribution in [3.63, 3.8) is 0 Å². The fraction of sp³-hybridized carbons (Fsp3) is 0.815. The quantitative estimate of drug-likeness (QED) is 0.583. The molecule has 168 valence electrons. The van der Waals surface area contributed by atoms with Crippen molar-refractivity contribution in [3.8, 4) is 6.07 Å². The Bertz CT molecular complexity index is 868. The van der Waals surface area contributed by atoms with E-state index in [9.17, 15) is 4.79 Å². The van der Waals surface area contributed by atoms with Gasteiger partial charge < -0.3 is 0 Å². The van der Waals surface area contributed by atoms with Crippen molar-refractivity contribution in [2.75, 3.05) is 0 Å². The summed E-state index contributed by atoms with van der Waals surface area (Å²) in [7, 11) is 0. The maximum atomic E-state index is 13.2. The van der Waals surface area contributed by atoms with Gasteiger partial charge in [-0.2, -0.15) is 10.4 Å². The molecule has 4 saturated carbocycles. The number of ketones is 1. The van der Waals surface area contributed by atoms with Crippen LogP contribution >= 0.6 is 0 Å². The molecule has 0 aliphatic heterocycles. The van der Waals surface area contributed by atoms with Gasteiger partial charge in [-0.05, 0) is 105 Å². The van der Waals surface area contributed by atoms with Crippen LogP contribution in [0.15, 0.2) is 12.4 Å². The lowest BCUT2D eigenvalue weighted by Crippen LogP contribution is -2.48. The maximum absolute atomic E-state index is 13.2. The zero-order valence-corrected chi connectivity index (χ0v) is 19.6. The first-order chi connectivity index (χ1) is 14.9. The number of rotatable bonds is 4. The Morgan fingerprint density at radius 2 is 2.00 bits per heavy atom. The molecule has 4 heteroatoms. The van der Waals surface area contributed by atoms with Crippen molar-refractivity contribution < 1.29 is 4.79 Å².